The molecule has 0 aliphatic heterocycles. The maximum absolute atomic E-state index is 11.8. The standard InChI is InChI=1S/C18H29N3O/c1-4-19-17-12-10-16(11-13-17)8-7-9-18(22)20-14-15-21(5-2)6-3/h4,10-13,19H,1,5-9,14-15H2,2-3H3,(H,20,22). The average Bonchev–Trinajstić information content (AvgIpc) is 2.53. The van der Waals surface area contributed by atoms with Crippen LogP contribution in [0.2, 0.25) is 0 Å². The van der Waals surface area contributed by atoms with E-state index in [0.717, 1.165) is 44.7 Å². The van der Waals surface area contributed by atoms with E-state index in [0.29, 0.717) is 6.42 Å². The molecule has 1 amide bonds. The third kappa shape index (κ3) is 7.27. The smallest absolute Gasteiger partial charge is 0.220 e. The van der Waals surface area contributed by atoms with Crippen LogP contribution >= 0.6 is 0 Å². The third-order valence-electron chi connectivity index (χ3n) is 3.74. The first-order valence-electron chi connectivity index (χ1n) is 8.15. The maximum Gasteiger partial charge on any atom is 0.220 e. The van der Waals surface area contributed by atoms with Crippen molar-refractivity contribution in [3.8, 4) is 0 Å². The lowest BCUT2D eigenvalue weighted by molar-refractivity contribution is -0.121. The monoisotopic (exact) mass is 303 g/mol. The van der Waals surface area contributed by atoms with Gasteiger partial charge in [0.1, 0.15) is 0 Å². The number of benzene rings is 1. The Morgan fingerprint density at radius 2 is 1.91 bits per heavy atom. The fraction of sp³-hybridized carbons (Fsp3) is 0.500. The first-order chi connectivity index (χ1) is 10.7. The Labute approximate surface area is 134 Å². The van der Waals surface area contributed by atoms with Gasteiger partial charge in [-0.05, 0) is 49.8 Å². The van der Waals surface area contributed by atoms with E-state index in [9.17, 15) is 4.79 Å². The molecule has 1 aromatic rings. The van der Waals surface area contributed by atoms with E-state index in [2.05, 4.69) is 48.1 Å². The second-order valence-corrected chi connectivity index (χ2v) is 5.28. The summed E-state index contributed by atoms with van der Waals surface area (Å²) in [6.07, 6.45) is 4.06. The zero-order valence-electron chi connectivity index (χ0n) is 13.9. The molecule has 0 aliphatic carbocycles. The van der Waals surface area contributed by atoms with Crippen molar-refractivity contribution in [3.05, 3.63) is 42.6 Å². The molecule has 0 unspecified atom stereocenters. The first-order valence-corrected chi connectivity index (χ1v) is 8.15. The molecule has 0 bridgehead atoms. The van der Waals surface area contributed by atoms with Gasteiger partial charge in [0.05, 0.1) is 0 Å². The topological polar surface area (TPSA) is 44.4 Å². The van der Waals surface area contributed by atoms with E-state index >= 15 is 0 Å². The molecule has 0 heterocycles. The summed E-state index contributed by atoms with van der Waals surface area (Å²) in [5, 5.41) is 6.04. The van der Waals surface area contributed by atoms with Crippen molar-refractivity contribution in [2.45, 2.75) is 33.1 Å². The van der Waals surface area contributed by atoms with Gasteiger partial charge in [0, 0.05) is 25.2 Å². The van der Waals surface area contributed by atoms with E-state index in [-0.39, 0.29) is 5.91 Å². The number of amides is 1. The normalized spacial score (nSPS) is 10.5. The molecular formula is C18H29N3O. The van der Waals surface area contributed by atoms with Crippen LogP contribution in [0.3, 0.4) is 0 Å². The second-order valence-electron chi connectivity index (χ2n) is 5.28. The predicted octanol–water partition coefficient (Wildman–Crippen LogP) is 3.02. The van der Waals surface area contributed by atoms with Gasteiger partial charge in [-0.25, -0.2) is 0 Å². The molecule has 0 saturated heterocycles. The summed E-state index contributed by atoms with van der Waals surface area (Å²) in [4.78, 5) is 14.1. The molecule has 22 heavy (non-hydrogen) atoms. The minimum Gasteiger partial charge on any atom is -0.362 e. The van der Waals surface area contributed by atoms with Gasteiger partial charge >= 0.3 is 0 Å². The fourth-order valence-electron chi connectivity index (χ4n) is 2.32. The molecule has 1 aromatic carbocycles. The predicted molar refractivity (Wildman–Crippen MR) is 94.0 cm³/mol. The highest BCUT2D eigenvalue weighted by Gasteiger charge is 2.03. The van der Waals surface area contributed by atoms with Crippen LogP contribution < -0.4 is 10.6 Å². The number of hydrogen-bond acceptors (Lipinski definition) is 3. The van der Waals surface area contributed by atoms with Crippen LogP contribution in [-0.2, 0) is 11.2 Å². The van der Waals surface area contributed by atoms with Crippen LogP contribution in [-0.4, -0.2) is 37.0 Å². The summed E-state index contributed by atoms with van der Waals surface area (Å²) in [7, 11) is 0. The Morgan fingerprint density at radius 1 is 1.23 bits per heavy atom. The molecule has 0 atom stereocenters. The summed E-state index contributed by atoms with van der Waals surface area (Å²) in [6, 6.07) is 8.23. The van der Waals surface area contributed by atoms with Crippen LogP contribution in [0.4, 0.5) is 5.69 Å². The van der Waals surface area contributed by atoms with Crippen LogP contribution in [0, 0.1) is 0 Å². The number of nitrogens with zero attached hydrogens (tertiary/aromatic N) is 1. The number of rotatable bonds is 11. The van der Waals surface area contributed by atoms with Crippen molar-refractivity contribution < 1.29 is 4.79 Å². The molecule has 0 aromatic heterocycles. The van der Waals surface area contributed by atoms with Crippen LogP contribution in [0.1, 0.15) is 32.3 Å². The Hall–Kier alpha value is -1.81. The van der Waals surface area contributed by atoms with Crippen LogP contribution in [0.15, 0.2) is 37.0 Å². The van der Waals surface area contributed by atoms with Crippen LogP contribution in [0.5, 0.6) is 0 Å². The average molecular weight is 303 g/mol. The van der Waals surface area contributed by atoms with Crippen molar-refractivity contribution in [2.75, 3.05) is 31.5 Å². The Kier molecular flexibility index (Phi) is 9.00. The molecular weight excluding hydrogens is 274 g/mol. The molecule has 122 valence electrons. The lowest BCUT2D eigenvalue weighted by atomic mass is 10.1. The zero-order valence-corrected chi connectivity index (χ0v) is 13.9. The summed E-state index contributed by atoms with van der Waals surface area (Å²) in [5.74, 6) is 0.150. The lowest BCUT2D eigenvalue weighted by Crippen LogP contribution is -2.34. The molecule has 0 spiro atoms. The minimum atomic E-state index is 0.150. The zero-order chi connectivity index (χ0) is 16.2. The molecule has 0 fully saturated rings. The highest BCUT2D eigenvalue weighted by Crippen LogP contribution is 2.11. The van der Waals surface area contributed by atoms with Crippen molar-refractivity contribution in [1.29, 1.82) is 0 Å². The van der Waals surface area contributed by atoms with Gasteiger partial charge in [-0.2, -0.15) is 0 Å². The van der Waals surface area contributed by atoms with E-state index in [4.69, 9.17) is 0 Å². The van der Waals surface area contributed by atoms with Gasteiger partial charge < -0.3 is 15.5 Å². The van der Waals surface area contributed by atoms with Gasteiger partial charge in [0.2, 0.25) is 5.91 Å². The Balaban J connectivity index is 2.17. The Morgan fingerprint density at radius 3 is 2.50 bits per heavy atom. The lowest BCUT2D eigenvalue weighted by Gasteiger charge is -2.17. The number of anilines is 1. The minimum absolute atomic E-state index is 0.150. The number of nitrogens with one attached hydrogen (secondary N) is 2. The van der Waals surface area contributed by atoms with Gasteiger partial charge in [0.15, 0.2) is 0 Å². The van der Waals surface area contributed by atoms with Crippen molar-refractivity contribution in [3.63, 3.8) is 0 Å². The number of likely N-dealkylation sites (N-methyl/N-ethyl adjacent to an activating group) is 1. The summed E-state index contributed by atoms with van der Waals surface area (Å²) in [5.41, 5.74) is 2.29. The van der Waals surface area contributed by atoms with Crippen molar-refractivity contribution in [2.24, 2.45) is 0 Å². The van der Waals surface area contributed by atoms with E-state index in [1.807, 2.05) is 12.1 Å². The summed E-state index contributed by atoms with van der Waals surface area (Å²) >= 11 is 0. The fourth-order valence-corrected chi connectivity index (χ4v) is 2.32. The molecule has 4 nitrogen and oxygen atoms in total. The number of carbonyl (C=O) groups excluding carboxylic acids is 1. The molecule has 0 saturated carbocycles. The van der Waals surface area contributed by atoms with Gasteiger partial charge in [-0.3, -0.25) is 4.79 Å². The quantitative estimate of drug-likeness (QED) is 0.660. The largest absolute Gasteiger partial charge is 0.362 e. The highest BCUT2D eigenvalue weighted by atomic mass is 16.1. The van der Waals surface area contributed by atoms with Gasteiger partial charge in [0.25, 0.3) is 0 Å². The SMILES string of the molecule is C=CNc1ccc(CCCC(=O)NCCN(CC)CC)cc1. The number of aryl methyl sites for hydroxylation is 1. The summed E-state index contributed by atoms with van der Waals surface area (Å²) < 4.78 is 0. The molecule has 0 aliphatic rings. The number of carbonyl (C=O) groups is 1. The molecule has 0 radical (unpaired) electrons. The van der Waals surface area contributed by atoms with E-state index < -0.39 is 0 Å². The van der Waals surface area contributed by atoms with Crippen molar-refractivity contribution in [1.82, 2.24) is 10.2 Å². The van der Waals surface area contributed by atoms with Gasteiger partial charge in [-0.1, -0.05) is 32.6 Å². The number of hydrogen-bond donors (Lipinski definition) is 2. The Bertz CT molecular complexity index is 438. The van der Waals surface area contributed by atoms with E-state index in [1.54, 1.807) is 6.20 Å². The van der Waals surface area contributed by atoms with Gasteiger partial charge in [-0.15, -0.1) is 0 Å². The van der Waals surface area contributed by atoms with Crippen molar-refractivity contribution >= 4 is 11.6 Å². The highest BCUT2D eigenvalue weighted by molar-refractivity contribution is 5.75. The van der Waals surface area contributed by atoms with Crippen LogP contribution in [0.25, 0.3) is 0 Å². The van der Waals surface area contributed by atoms with E-state index in [1.165, 1.54) is 5.56 Å². The summed E-state index contributed by atoms with van der Waals surface area (Å²) in [6.45, 7) is 11.6. The molecule has 1 rings (SSSR count). The maximum atomic E-state index is 11.8. The first kappa shape index (κ1) is 18.2. The second kappa shape index (κ2) is 10.9. The molecule has 4 heteroatoms. The molecule has 2 N–H and O–H groups in total. The third-order valence-corrected chi connectivity index (χ3v) is 3.74.